The van der Waals surface area contributed by atoms with E-state index >= 15 is 0 Å². The standard InChI is InChI=1S/C11H22N2S/c1-9-5-3-6-10(2)13(9)8-4-7-11(12)14/h9-10H,3-8H2,1-2H3,(H2,12,14)/t9-,10+. The number of thiocarbonyl (C=S) groups is 1. The molecule has 14 heavy (non-hydrogen) atoms. The van der Waals surface area contributed by atoms with E-state index in [2.05, 4.69) is 18.7 Å². The Balaban J connectivity index is 2.29. The van der Waals surface area contributed by atoms with Crippen molar-refractivity contribution in [2.24, 2.45) is 5.73 Å². The summed E-state index contributed by atoms with van der Waals surface area (Å²) < 4.78 is 0. The van der Waals surface area contributed by atoms with Crippen LogP contribution in [0.3, 0.4) is 0 Å². The summed E-state index contributed by atoms with van der Waals surface area (Å²) in [6.07, 6.45) is 6.08. The fourth-order valence-corrected chi connectivity index (χ4v) is 2.50. The number of hydrogen-bond acceptors (Lipinski definition) is 2. The highest BCUT2D eigenvalue weighted by atomic mass is 32.1. The quantitative estimate of drug-likeness (QED) is 0.728. The molecule has 1 saturated heterocycles. The normalized spacial score (nSPS) is 29.0. The molecule has 0 aromatic heterocycles. The summed E-state index contributed by atoms with van der Waals surface area (Å²) in [4.78, 5) is 3.25. The van der Waals surface area contributed by atoms with E-state index in [9.17, 15) is 0 Å². The van der Waals surface area contributed by atoms with Crippen LogP contribution in [-0.4, -0.2) is 28.5 Å². The smallest absolute Gasteiger partial charge is 0.0727 e. The second-order valence-corrected chi connectivity index (χ2v) is 4.96. The number of piperidine rings is 1. The highest BCUT2D eigenvalue weighted by molar-refractivity contribution is 7.80. The Bertz CT molecular complexity index is 184. The maximum absolute atomic E-state index is 5.49. The Morgan fingerprint density at radius 1 is 1.36 bits per heavy atom. The van der Waals surface area contributed by atoms with E-state index in [-0.39, 0.29) is 0 Å². The average molecular weight is 214 g/mol. The Labute approximate surface area is 92.8 Å². The van der Waals surface area contributed by atoms with Crippen molar-refractivity contribution >= 4 is 17.2 Å². The van der Waals surface area contributed by atoms with E-state index in [1.165, 1.54) is 19.3 Å². The van der Waals surface area contributed by atoms with Gasteiger partial charge in [0.15, 0.2) is 0 Å². The molecule has 0 aromatic carbocycles. The van der Waals surface area contributed by atoms with Gasteiger partial charge in [-0.2, -0.15) is 0 Å². The maximum Gasteiger partial charge on any atom is 0.0727 e. The molecule has 2 nitrogen and oxygen atoms in total. The number of rotatable bonds is 4. The van der Waals surface area contributed by atoms with E-state index in [1.807, 2.05) is 0 Å². The zero-order valence-electron chi connectivity index (χ0n) is 9.33. The minimum atomic E-state index is 0.655. The second kappa shape index (κ2) is 5.66. The van der Waals surface area contributed by atoms with Crippen molar-refractivity contribution in [3.63, 3.8) is 0 Å². The van der Waals surface area contributed by atoms with E-state index in [4.69, 9.17) is 18.0 Å². The second-order valence-electron chi connectivity index (χ2n) is 4.44. The SMILES string of the molecule is C[C@@H]1CCC[C@H](C)N1CCCC(N)=S. The molecule has 0 bridgehead atoms. The number of nitrogens with zero attached hydrogens (tertiary/aromatic N) is 1. The van der Waals surface area contributed by atoms with Crippen molar-refractivity contribution in [2.45, 2.75) is 58.0 Å². The van der Waals surface area contributed by atoms with Crippen molar-refractivity contribution < 1.29 is 0 Å². The summed E-state index contributed by atoms with van der Waals surface area (Å²) in [5, 5.41) is 0. The van der Waals surface area contributed by atoms with E-state index in [0.29, 0.717) is 4.99 Å². The van der Waals surface area contributed by atoms with Gasteiger partial charge in [-0.25, -0.2) is 0 Å². The Kier molecular flexibility index (Phi) is 4.82. The topological polar surface area (TPSA) is 29.3 Å². The molecule has 2 atom stereocenters. The van der Waals surface area contributed by atoms with Gasteiger partial charge in [-0.15, -0.1) is 0 Å². The van der Waals surface area contributed by atoms with Crippen LogP contribution < -0.4 is 5.73 Å². The zero-order valence-corrected chi connectivity index (χ0v) is 10.1. The van der Waals surface area contributed by atoms with Crippen molar-refractivity contribution in [2.75, 3.05) is 6.54 Å². The molecule has 0 amide bonds. The first kappa shape index (κ1) is 11.9. The van der Waals surface area contributed by atoms with E-state index in [0.717, 1.165) is 31.5 Å². The van der Waals surface area contributed by atoms with Crippen molar-refractivity contribution in [3.8, 4) is 0 Å². The highest BCUT2D eigenvalue weighted by Gasteiger charge is 2.23. The molecule has 3 heteroatoms. The first-order chi connectivity index (χ1) is 6.61. The molecule has 1 rings (SSSR count). The fraction of sp³-hybridized carbons (Fsp3) is 0.909. The molecule has 0 unspecified atom stereocenters. The van der Waals surface area contributed by atoms with Gasteiger partial charge >= 0.3 is 0 Å². The third-order valence-electron chi connectivity index (χ3n) is 3.22. The molecule has 0 radical (unpaired) electrons. The molecule has 1 aliphatic heterocycles. The summed E-state index contributed by atoms with van der Waals surface area (Å²) in [5.74, 6) is 0. The summed E-state index contributed by atoms with van der Waals surface area (Å²) in [6.45, 7) is 5.81. The van der Waals surface area contributed by atoms with E-state index in [1.54, 1.807) is 0 Å². The first-order valence-corrected chi connectivity index (χ1v) is 6.06. The predicted octanol–water partition coefficient (Wildman–Crippen LogP) is 2.32. The van der Waals surface area contributed by atoms with Crippen molar-refractivity contribution in [3.05, 3.63) is 0 Å². The minimum absolute atomic E-state index is 0.655. The molecule has 2 N–H and O–H groups in total. The maximum atomic E-state index is 5.49. The highest BCUT2D eigenvalue weighted by Crippen LogP contribution is 2.22. The largest absolute Gasteiger partial charge is 0.393 e. The van der Waals surface area contributed by atoms with Crippen LogP contribution in [0.5, 0.6) is 0 Å². The van der Waals surface area contributed by atoms with Crippen LogP contribution in [0.15, 0.2) is 0 Å². The zero-order chi connectivity index (χ0) is 10.6. The van der Waals surface area contributed by atoms with Crippen LogP contribution in [0, 0.1) is 0 Å². The third-order valence-corrected chi connectivity index (χ3v) is 3.42. The molecule has 1 aliphatic rings. The van der Waals surface area contributed by atoms with Crippen LogP contribution in [0.1, 0.15) is 46.0 Å². The summed E-state index contributed by atoms with van der Waals surface area (Å²) in [6, 6.07) is 1.48. The molecule has 0 aromatic rings. The molecule has 0 spiro atoms. The molecule has 0 aliphatic carbocycles. The minimum Gasteiger partial charge on any atom is -0.393 e. The number of nitrogens with two attached hydrogens (primary N) is 1. The Hall–Kier alpha value is -0.150. The lowest BCUT2D eigenvalue weighted by atomic mass is 9.97. The molecule has 82 valence electrons. The van der Waals surface area contributed by atoms with Gasteiger partial charge in [-0.05, 0) is 46.1 Å². The van der Waals surface area contributed by atoms with Crippen molar-refractivity contribution in [1.29, 1.82) is 0 Å². The van der Waals surface area contributed by atoms with Crippen molar-refractivity contribution in [1.82, 2.24) is 4.90 Å². The summed E-state index contributed by atoms with van der Waals surface area (Å²) in [7, 11) is 0. The fourth-order valence-electron chi connectivity index (χ4n) is 2.35. The Morgan fingerprint density at radius 2 is 1.93 bits per heavy atom. The lowest BCUT2D eigenvalue weighted by Gasteiger charge is -2.39. The van der Waals surface area contributed by atoms with Gasteiger partial charge in [0.1, 0.15) is 0 Å². The van der Waals surface area contributed by atoms with Crippen LogP contribution in [0.2, 0.25) is 0 Å². The lowest BCUT2D eigenvalue weighted by Crippen LogP contribution is -2.44. The third kappa shape index (κ3) is 3.54. The number of hydrogen-bond donors (Lipinski definition) is 1. The van der Waals surface area contributed by atoms with Gasteiger partial charge in [-0.1, -0.05) is 18.6 Å². The number of likely N-dealkylation sites (tertiary alicyclic amines) is 1. The predicted molar refractivity (Wildman–Crippen MR) is 65.5 cm³/mol. The summed E-state index contributed by atoms with van der Waals surface area (Å²) >= 11 is 4.88. The monoisotopic (exact) mass is 214 g/mol. The van der Waals surface area contributed by atoms with Gasteiger partial charge in [0.2, 0.25) is 0 Å². The van der Waals surface area contributed by atoms with E-state index < -0.39 is 0 Å². The molecule has 1 heterocycles. The Morgan fingerprint density at radius 3 is 2.43 bits per heavy atom. The van der Waals surface area contributed by atoms with Crippen LogP contribution in [0.25, 0.3) is 0 Å². The van der Waals surface area contributed by atoms with Gasteiger partial charge < -0.3 is 5.73 Å². The molecule has 0 saturated carbocycles. The first-order valence-electron chi connectivity index (χ1n) is 5.65. The van der Waals surface area contributed by atoms with Crippen LogP contribution in [-0.2, 0) is 0 Å². The van der Waals surface area contributed by atoms with Gasteiger partial charge in [0, 0.05) is 12.1 Å². The van der Waals surface area contributed by atoms with Gasteiger partial charge in [-0.3, -0.25) is 4.90 Å². The van der Waals surface area contributed by atoms with Crippen LogP contribution in [0.4, 0.5) is 0 Å². The summed E-state index contributed by atoms with van der Waals surface area (Å²) in [5.41, 5.74) is 5.49. The van der Waals surface area contributed by atoms with Gasteiger partial charge in [0.25, 0.3) is 0 Å². The van der Waals surface area contributed by atoms with Gasteiger partial charge in [0.05, 0.1) is 4.99 Å². The molecular weight excluding hydrogens is 192 g/mol. The molecule has 1 fully saturated rings. The molecular formula is C11H22N2S. The van der Waals surface area contributed by atoms with Crippen LogP contribution >= 0.6 is 12.2 Å². The average Bonchev–Trinajstić information content (AvgIpc) is 2.09. The lowest BCUT2D eigenvalue weighted by molar-refractivity contribution is 0.103.